The molecule has 1 aromatic carbocycles. The first-order valence-electron chi connectivity index (χ1n) is 6.23. The zero-order valence-corrected chi connectivity index (χ0v) is 11.0. The smallest absolute Gasteiger partial charge is 0.224 e. The molecule has 4 heteroatoms. The molecule has 1 amide bonds. The third kappa shape index (κ3) is 4.37. The van der Waals surface area contributed by atoms with E-state index in [1.165, 1.54) is 0 Å². The highest BCUT2D eigenvalue weighted by atomic mass is 16.5. The standard InChI is InChI=1S/C14H21NO3/c1-3-12(8-9-16)15-14(17)10-11-6-4-5-7-13(11)18-2/h4-7,12,16H,3,8-10H2,1-2H3,(H,15,17). The van der Waals surface area contributed by atoms with Gasteiger partial charge < -0.3 is 15.2 Å². The summed E-state index contributed by atoms with van der Waals surface area (Å²) in [6, 6.07) is 7.52. The van der Waals surface area contributed by atoms with Crippen LogP contribution in [0.3, 0.4) is 0 Å². The van der Waals surface area contributed by atoms with Gasteiger partial charge >= 0.3 is 0 Å². The van der Waals surface area contributed by atoms with Crippen molar-refractivity contribution in [3.63, 3.8) is 0 Å². The normalized spacial score (nSPS) is 11.9. The predicted molar refractivity (Wildman–Crippen MR) is 70.6 cm³/mol. The molecule has 1 atom stereocenters. The van der Waals surface area contributed by atoms with Gasteiger partial charge in [-0.15, -0.1) is 0 Å². The molecule has 0 radical (unpaired) electrons. The molecule has 1 rings (SSSR count). The number of nitrogens with one attached hydrogen (secondary N) is 1. The van der Waals surface area contributed by atoms with E-state index in [9.17, 15) is 4.79 Å². The summed E-state index contributed by atoms with van der Waals surface area (Å²) in [7, 11) is 1.59. The minimum absolute atomic E-state index is 0.0391. The maximum atomic E-state index is 11.9. The molecule has 0 aliphatic carbocycles. The number of amides is 1. The second-order valence-corrected chi connectivity index (χ2v) is 4.17. The van der Waals surface area contributed by atoms with E-state index in [2.05, 4.69) is 5.32 Å². The van der Waals surface area contributed by atoms with Gasteiger partial charge in [0.2, 0.25) is 5.91 Å². The van der Waals surface area contributed by atoms with Gasteiger partial charge in [0, 0.05) is 18.2 Å². The van der Waals surface area contributed by atoms with E-state index >= 15 is 0 Å². The number of carbonyl (C=O) groups is 1. The topological polar surface area (TPSA) is 58.6 Å². The van der Waals surface area contributed by atoms with Gasteiger partial charge in [-0.05, 0) is 18.9 Å². The maximum Gasteiger partial charge on any atom is 0.224 e. The zero-order valence-electron chi connectivity index (χ0n) is 11.0. The van der Waals surface area contributed by atoms with Crippen molar-refractivity contribution in [1.82, 2.24) is 5.32 Å². The van der Waals surface area contributed by atoms with E-state index < -0.39 is 0 Å². The third-order valence-corrected chi connectivity index (χ3v) is 2.88. The van der Waals surface area contributed by atoms with E-state index in [0.29, 0.717) is 12.8 Å². The fourth-order valence-electron chi connectivity index (χ4n) is 1.83. The minimum atomic E-state index is -0.0419. The van der Waals surface area contributed by atoms with Crippen LogP contribution in [0.5, 0.6) is 5.75 Å². The van der Waals surface area contributed by atoms with Crippen molar-refractivity contribution in [2.75, 3.05) is 13.7 Å². The van der Waals surface area contributed by atoms with Crippen LogP contribution in [0, 0.1) is 0 Å². The number of aliphatic hydroxyl groups is 1. The van der Waals surface area contributed by atoms with Gasteiger partial charge in [-0.2, -0.15) is 0 Å². The molecule has 2 N–H and O–H groups in total. The molecule has 0 spiro atoms. The first-order valence-corrected chi connectivity index (χ1v) is 6.23. The molecule has 0 saturated heterocycles. The lowest BCUT2D eigenvalue weighted by Crippen LogP contribution is -2.36. The fourth-order valence-corrected chi connectivity index (χ4v) is 1.83. The second kappa shape index (κ2) is 7.71. The summed E-state index contributed by atoms with van der Waals surface area (Å²) in [6.45, 7) is 2.08. The number of hydrogen-bond donors (Lipinski definition) is 2. The Kier molecular flexibility index (Phi) is 6.22. The summed E-state index contributed by atoms with van der Waals surface area (Å²) in [5.41, 5.74) is 0.872. The van der Waals surface area contributed by atoms with Crippen molar-refractivity contribution < 1.29 is 14.6 Å². The molecule has 0 aliphatic heterocycles. The van der Waals surface area contributed by atoms with E-state index in [4.69, 9.17) is 9.84 Å². The number of hydrogen-bond acceptors (Lipinski definition) is 3. The number of benzene rings is 1. The molecule has 0 fully saturated rings. The summed E-state index contributed by atoms with van der Waals surface area (Å²) >= 11 is 0. The Morgan fingerprint density at radius 3 is 2.78 bits per heavy atom. The maximum absolute atomic E-state index is 11.9. The summed E-state index contributed by atoms with van der Waals surface area (Å²) in [5, 5.41) is 11.8. The molecule has 18 heavy (non-hydrogen) atoms. The van der Waals surface area contributed by atoms with Crippen LogP contribution >= 0.6 is 0 Å². The number of aliphatic hydroxyl groups excluding tert-OH is 1. The summed E-state index contributed by atoms with van der Waals surface area (Å²) in [6.07, 6.45) is 1.71. The van der Waals surface area contributed by atoms with Crippen LogP contribution in [0.4, 0.5) is 0 Å². The zero-order chi connectivity index (χ0) is 13.4. The minimum Gasteiger partial charge on any atom is -0.496 e. The average Bonchev–Trinajstić information content (AvgIpc) is 2.38. The largest absolute Gasteiger partial charge is 0.496 e. The number of methoxy groups -OCH3 is 1. The Morgan fingerprint density at radius 1 is 1.44 bits per heavy atom. The molecule has 1 aromatic rings. The summed E-state index contributed by atoms with van der Waals surface area (Å²) < 4.78 is 5.21. The van der Waals surface area contributed by atoms with Gasteiger partial charge in [0.1, 0.15) is 5.75 Å². The van der Waals surface area contributed by atoms with Crippen LogP contribution in [-0.2, 0) is 11.2 Å². The molecule has 0 bridgehead atoms. The van der Waals surface area contributed by atoms with Crippen molar-refractivity contribution in [1.29, 1.82) is 0 Å². The summed E-state index contributed by atoms with van der Waals surface area (Å²) in [4.78, 5) is 11.9. The Balaban J connectivity index is 2.58. The lowest BCUT2D eigenvalue weighted by molar-refractivity contribution is -0.121. The van der Waals surface area contributed by atoms with Crippen LogP contribution < -0.4 is 10.1 Å². The molecular weight excluding hydrogens is 230 g/mol. The Morgan fingerprint density at radius 2 is 2.17 bits per heavy atom. The molecule has 100 valence electrons. The van der Waals surface area contributed by atoms with Crippen molar-refractivity contribution in [2.24, 2.45) is 0 Å². The average molecular weight is 251 g/mol. The van der Waals surface area contributed by atoms with Crippen LogP contribution in [0.2, 0.25) is 0 Å². The number of ether oxygens (including phenoxy) is 1. The second-order valence-electron chi connectivity index (χ2n) is 4.17. The van der Waals surface area contributed by atoms with Crippen molar-refractivity contribution in [3.8, 4) is 5.75 Å². The number of carbonyl (C=O) groups excluding carboxylic acids is 1. The predicted octanol–water partition coefficient (Wildman–Crippen LogP) is 1.51. The van der Waals surface area contributed by atoms with E-state index in [1.54, 1.807) is 7.11 Å². The fraction of sp³-hybridized carbons (Fsp3) is 0.500. The van der Waals surface area contributed by atoms with E-state index in [-0.39, 0.29) is 18.6 Å². The molecule has 4 nitrogen and oxygen atoms in total. The molecule has 0 aliphatic rings. The van der Waals surface area contributed by atoms with Gasteiger partial charge in [-0.3, -0.25) is 4.79 Å². The van der Waals surface area contributed by atoms with Crippen molar-refractivity contribution >= 4 is 5.91 Å². The molecular formula is C14H21NO3. The van der Waals surface area contributed by atoms with Gasteiger partial charge in [-0.1, -0.05) is 25.1 Å². The lowest BCUT2D eigenvalue weighted by Gasteiger charge is -2.16. The first kappa shape index (κ1) is 14.5. The van der Waals surface area contributed by atoms with Gasteiger partial charge in [0.15, 0.2) is 0 Å². The monoisotopic (exact) mass is 251 g/mol. The molecule has 0 heterocycles. The van der Waals surface area contributed by atoms with Gasteiger partial charge in [0.25, 0.3) is 0 Å². The Hall–Kier alpha value is -1.55. The highest BCUT2D eigenvalue weighted by molar-refractivity contribution is 5.79. The van der Waals surface area contributed by atoms with Crippen molar-refractivity contribution in [2.45, 2.75) is 32.2 Å². The highest BCUT2D eigenvalue weighted by Gasteiger charge is 2.12. The third-order valence-electron chi connectivity index (χ3n) is 2.88. The van der Waals surface area contributed by atoms with Crippen molar-refractivity contribution in [3.05, 3.63) is 29.8 Å². The van der Waals surface area contributed by atoms with Crippen LogP contribution in [0.1, 0.15) is 25.3 Å². The Labute approximate surface area is 108 Å². The highest BCUT2D eigenvalue weighted by Crippen LogP contribution is 2.17. The van der Waals surface area contributed by atoms with Crippen LogP contribution in [0.25, 0.3) is 0 Å². The lowest BCUT2D eigenvalue weighted by atomic mass is 10.1. The van der Waals surface area contributed by atoms with Gasteiger partial charge in [-0.25, -0.2) is 0 Å². The Bertz CT molecular complexity index is 379. The first-order chi connectivity index (χ1) is 8.71. The van der Waals surface area contributed by atoms with Crippen LogP contribution in [-0.4, -0.2) is 30.8 Å². The molecule has 0 aromatic heterocycles. The molecule has 1 unspecified atom stereocenters. The quantitative estimate of drug-likeness (QED) is 0.772. The SMILES string of the molecule is CCC(CCO)NC(=O)Cc1ccccc1OC. The van der Waals surface area contributed by atoms with Gasteiger partial charge in [0.05, 0.1) is 13.5 Å². The number of para-hydroxylation sites is 1. The molecule has 0 saturated carbocycles. The van der Waals surface area contributed by atoms with E-state index in [1.807, 2.05) is 31.2 Å². The van der Waals surface area contributed by atoms with E-state index in [0.717, 1.165) is 17.7 Å². The number of rotatable bonds is 7. The van der Waals surface area contributed by atoms with Crippen LogP contribution in [0.15, 0.2) is 24.3 Å². The summed E-state index contributed by atoms with van der Waals surface area (Å²) in [5.74, 6) is 0.683.